The fourth-order valence-corrected chi connectivity index (χ4v) is 3.89. The molecule has 13 heteroatoms. The van der Waals surface area contributed by atoms with E-state index in [4.69, 9.17) is 11.2 Å². The third-order valence-electron chi connectivity index (χ3n) is 6.43. The highest BCUT2D eigenvalue weighted by atomic mass is 16.5. The SMILES string of the molecule is C#CCCCC(=O)N(CCO)CCN(CCNC(=O)CC)C(=O)CCCc1cn(CCC(=O)OCC[N+](C)(C)C)nn1. The van der Waals surface area contributed by atoms with E-state index >= 15 is 0 Å². The van der Waals surface area contributed by atoms with Gasteiger partial charge in [-0.25, -0.2) is 0 Å². The molecule has 0 radical (unpaired) electrons. The van der Waals surface area contributed by atoms with Crippen LogP contribution in [0.5, 0.6) is 0 Å². The van der Waals surface area contributed by atoms with E-state index in [0.29, 0.717) is 62.8 Å². The molecule has 0 unspecified atom stereocenters. The quantitative estimate of drug-likeness (QED) is 0.0842. The molecule has 0 aliphatic rings. The molecule has 42 heavy (non-hydrogen) atoms. The number of carbonyl (C=O) groups is 4. The molecule has 1 rings (SSSR count). The van der Waals surface area contributed by atoms with Gasteiger partial charge in [-0.1, -0.05) is 12.1 Å². The number of aliphatic hydroxyl groups is 1. The van der Waals surface area contributed by atoms with E-state index in [1.165, 1.54) is 0 Å². The fraction of sp³-hybridized carbons (Fsp3) is 0.724. The topological polar surface area (TPSA) is 147 Å². The van der Waals surface area contributed by atoms with E-state index in [1.54, 1.807) is 27.6 Å². The van der Waals surface area contributed by atoms with Gasteiger partial charge in [-0.05, 0) is 19.3 Å². The Kier molecular flexibility index (Phi) is 17.7. The molecule has 0 saturated carbocycles. The molecule has 0 fully saturated rings. The van der Waals surface area contributed by atoms with Crippen LogP contribution in [0.3, 0.4) is 0 Å². The van der Waals surface area contributed by atoms with Gasteiger partial charge in [0.05, 0.1) is 46.4 Å². The first-order chi connectivity index (χ1) is 20.0. The Labute approximate surface area is 250 Å². The van der Waals surface area contributed by atoms with Gasteiger partial charge in [0, 0.05) is 64.6 Å². The van der Waals surface area contributed by atoms with Gasteiger partial charge >= 0.3 is 5.97 Å². The number of likely N-dealkylation sites (N-methyl/N-ethyl adjacent to an activating group) is 1. The second kappa shape index (κ2) is 20.4. The van der Waals surface area contributed by atoms with Crippen molar-refractivity contribution in [2.75, 3.05) is 73.6 Å². The van der Waals surface area contributed by atoms with Gasteiger partial charge in [-0.2, -0.15) is 0 Å². The van der Waals surface area contributed by atoms with Crippen LogP contribution in [0, 0.1) is 12.3 Å². The Bertz CT molecular complexity index is 1010. The first-order valence-electron chi connectivity index (χ1n) is 14.7. The van der Waals surface area contributed by atoms with Crippen LogP contribution < -0.4 is 5.32 Å². The summed E-state index contributed by atoms with van der Waals surface area (Å²) in [5.41, 5.74) is 0.717. The van der Waals surface area contributed by atoms with Crippen LogP contribution in [-0.4, -0.2) is 132 Å². The maximum absolute atomic E-state index is 13.1. The van der Waals surface area contributed by atoms with E-state index in [1.807, 2.05) is 21.1 Å². The monoisotopic (exact) mass is 592 g/mol. The molecule has 2 N–H and O–H groups in total. The number of unbranched alkanes of at least 4 members (excludes halogenated alkanes) is 1. The van der Waals surface area contributed by atoms with Crippen molar-refractivity contribution in [1.82, 2.24) is 30.1 Å². The van der Waals surface area contributed by atoms with Crippen LogP contribution in [0.4, 0.5) is 0 Å². The van der Waals surface area contributed by atoms with Crippen molar-refractivity contribution < 1.29 is 33.5 Å². The number of aromatic nitrogens is 3. The van der Waals surface area contributed by atoms with Crippen LogP contribution in [0.15, 0.2) is 6.20 Å². The largest absolute Gasteiger partial charge is 0.460 e. The number of esters is 1. The van der Waals surface area contributed by atoms with Crippen molar-refractivity contribution in [3.63, 3.8) is 0 Å². The highest BCUT2D eigenvalue weighted by Crippen LogP contribution is 2.07. The summed E-state index contributed by atoms with van der Waals surface area (Å²) in [5.74, 6) is 1.90. The van der Waals surface area contributed by atoms with Crippen molar-refractivity contribution in [3.8, 4) is 12.3 Å². The zero-order valence-corrected chi connectivity index (χ0v) is 25.8. The second-order valence-corrected chi connectivity index (χ2v) is 11.1. The Hall–Kier alpha value is -3.50. The maximum Gasteiger partial charge on any atom is 0.307 e. The van der Waals surface area contributed by atoms with Crippen LogP contribution in [0.1, 0.15) is 57.6 Å². The van der Waals surface area contributed by atoms with Gasteiger partial charge in [0.1, 0.15) is 13.2 Å². The zero-order chi connectivity index (χ0) is 31.4. The lowest BCUT2D eigenvalue weighted by Gasteiger charge is -2.28. The summed E-state index contributed by atoms with van der Waals surface area (Å²) in [4.78, 5) is 52.5. The number of terminal acetylenes is 1. The normalized spacial score (nSPS) is 11.0. The van der Waals surface area contributed by atoms with Gasteiger partial charge in [0.15, 0.2) is 0 Å². The summed E-state index contributed by atoms with van der Waals surface area (Å²) in [5, 5.41) is 20.4. The first-order valence-corrected chi connectivity index (χ1v) is 14.7. The van der Waals surface area contributed by atoms with E-state index in [2.05, 4.69) is 21.5 Å². The molecule has 1 aromatic rings. The van der Waals surface area contributed by atoms with Gasteiger partial charge < -0.3 is 29.4 Å². The number of aliphatic hydroxyl groups excluding tert-OH is 1. The van der Waals surface area contributed by atoms with E-state index in [0.717, 1.165) is 12.2 Å². The Morgan fingerprint density at radius 1 is 1.05 bits per heavy atom. The van der Waals surface area contributed by atoms with Crippen molar-refractivity contribution in [1.29, 1.82) is 0 Å². The van der Waals surface area contributed by atoms with E-state index in [9.17, 15) is 24.3 Å². The van der Waals surface area contributed by atoms with Crippen LogP contribution >= 0.6 is 0 Å². The number of aryl methyl sites for hydroxylation is 2. The summed E-state index contributed by atoms with van der Waals surface area (Å²) in [6, 6.07) is 0. The minimum absolute atomic E-state index is 0.103. The molecule has 0 aliphatic heterocycles. The van der Waals surface area contributed by atoms with E-state index < -0.39 is 0 Å². The molecular weight excluding hydrogens is 542 g/mol. The van der Waals surface area contributed by atoms with Crippen LogP contribution in [-0.2, 0) is 36.9 Å². The van der Waals surface area contributed by atoms with Crippen molar-refractivity contribution in [2.24, 2.45) is 0 Å². The third-order valence-corrected chi connectivity index (χ3v) is 6.43. The Morgan fingerprint density at radius 3 is 2.33 bits per heavy atom. The lowest BCUT2D eigenvalue weighted by atomic mass is 10.2. The smallest absolute Gasteiger partial charge is 0.307 e. The minimum Gasteiger partial charge on any atom is -0.460 e. The average molecular weight is 593 g/mol. The van der Waals surface area contributed by atoms with Crippen LogP contribution in [0.2, 0.25) is 0 Å². The maximum atomic E-state index is 13.1. The average Bonchev–Trinajstić information content (AvgIpc) is 3.39. The van der Waals surface area contributed by atoms with Gasteiger partial charge in [0.2, 0.25) is 17.7 Å². The summed E-state index contributed by atoms with van der Waals surface area (Å²) in [7, 11) is 6.09. The lowest BCUT2D eigenvalue weighted by molar-refractivity contribution is -0.870. The summed E-state index contributed by atoms with van der Waals surface area (Å²) in [6.45, 7) is 4.37. The number of ether oxygens (including phenoxy) is 1. The molecule has 0 saturated heterocycles. The molecule has 0 spiro atoms. The summed E-state index contributed by atoms with van der Waals surface area (Å²) in [6.07, 6.45) is 10.2. The second-order valence-electron chi connectivity index (χ2n) is 11.1. The molecule has 236 valence electrons. The lowest BCUT2D eigenvalue weighted by Crippen LogP contribution is -2.44. The molecule has 13 nitrogen and oxygen atoms in total. The number of hydrogen-bond donors (Lipinski definition) is 2. The van der Waals surface area contributed by atoms with Crippen molar-refractivity contribution >= 4 is 23.7 Å². The van der Waals surface area contributed by atoms with Gasteiger partial charge in [0.25, 0.3) is 0 Å². The molecule has 3 amide bonds. The number of hydrogen-bond acceptors (Lipinski definition) is 8. The molecule has 0 bridgehead atoms. The number of quaternary nitrogens is 1. The zero-order valence-electron chi connectivity index (χ0n) is 25.8. The molecular formula is C29H50N7O6+. The summed E-state index contributed by atoms with van der Waals surface area (Å²) >= 11 is 0. The van der Waals surface area contributed by atoms with Crippen molar-refractivity contribution in [3.05, 3.63) is 11.9 Å². The molecule has 0 atom stereocenters. The predicted molar refractivity (Wildman–Crippen MR) is 158 cm³/mol. The number of nitrogens with one attached hydrogen (secondary N) is 1. The molecule has 1 heterocycles. The van der Waals surface area contributed by atoms with Crippen molar-refractivity contribution in [2.45, 2.75) is 64.8 Å². The number of carbonyl (C=O) groups excluding carboxylic acids is 4. The summed E-state index contributed by atoms with van der Waals surface area (Å²) < 4.78 is 7.58. The Balaban J connectivity index is 2.60. The Morgan fingerprint density at radius 2 is 1.71 bits per heavy atom. The number of amides is 3. The fourth-order valence-electron chi connectivity index (χ4n) is 3.89. The predicted octanol–water partition coefficient (Wildman–Crippen LogP) is 0.220. The first kappa shape index (κ1) is 36.5. The highest BCUT2D eigenvalue weighted by Gasteiger charge is 2.18. The standard InChI is InChI=1S/C29H49N7O6/c1-6-8-9-12-27(39)34(20-22-37)19-18-33(17-15-30-26(38)7-2)28(40)13-10-11-25-24-35(32-31-25)16-14-29(41)42-23-21-36(3,4)5/h1,24,37H,7-23H2,2-5H3/p+1. The van der Waals surface area contributed by atoms with E-state index in [-0.39, 0.29) is 69.2 Å². The van der Waals surface area contributed by atoms with Gasteiger partial charge in [-0.15, -0.1) is 17.4 Å². The molecule has 0 aromatic carbocycles. The number of nitrogens with zero attached hydrogens (tertiary/aromatic N) is 6. The molecule has 1 aromatic heterocycles. The van der Waals surface area contributed by atoms with Gasteiger partial charge in [-0.3, -0.25) is 23.9 Å². The highest BCUT2D eigenvalue weighted by molar-refractivity contribution is 5.78. The number of rotatable bonds is 22. The minimum atomic E-state index is -0.284. The third kappa shape index (κ3) is 16.7. The van der Waals surface area contributed by atoms with Crippen LogP contribution in [0.25, 0.3) is 0 Å². The molecule has 0 aliphatic carbocycles.